The second kappa shape index (κ2) is 9.38. The summed E-state index contributed by atoms with van der Waals surface area (Å²) in [5.41, 5.74) is 2.96. The summed E-state index contributed by atoms with van der Waals surface area (Å²) >= 11 is 3.24. The molecule has 0 fully saturated rings. The van der Waals surface area contributed by atoms with Crippen molar-refractivity contribution in [1.82, 2.24) is 19.2 Å². The maximum atomic E-state index is 14.1. The highest BCUT2D eigenvalue weighted by Crippen LogP contribution is 2.38. The van der Waals surface area contributed by atoms with E-state index < -0.39 is 0 Å². The average molecular weight is 519 g/mol. The third kappa shape index (κ3) is 3.91. The highest BCUT2D eigenvalue weighted by atomic mass is 32.2. The molecule has 3 aromatic heterocycles. The molecule has 4 heterocycles. The molecule has 0 saturated heterocycles. The van der Waals surface area contributed by atoms with Gasteiger partial charge in [-0.25, -0.2) is 8.97 Å². The van der Waals surface area contributed by atoms with Gasteiger partial charge in [0.15, 0.2) is 5.16 Å². The van der Waals surface area contributed by atoms with Crippen molar-refractivity contribution >= 4 is 39.1 Å². The summed E-state index contributed by atoms with van der Waals surface area (Å²) < 4.78 is 15.2. The molecule has 0 unspecified atom stereocenters. The van der Waals surface area contributed by atoms with E-state index in [1.165, 1.54) is 5.56 Å². The Morgan fingerprint density at radius 3 is 2.64 bits per heavy atom. The summed E-state index contributed by atoms with van der Waals surface area (Å²) in [5, 5.41) is 10.6. The normalized spacial score (nSPS) is 15.6. The fourth-order valence-corrected chi connectivity index (χ4v) is 6.83. The standard InChI is InChI=1S/C27H26N4O3S2/c1-16(2)21-13-20-22(14-34-21)36-25-23(20)24(32)30(18-9-11-19(33-3)12-10-18)26-28-29-27(31(25)26)35-15-17-7-5-4-6-8-17/h4-12,16,21H,13-15H2,1-3H3/t21-/m1/s1. The Kier molecular flexibility index (Phi) is 6.07. The lowest BCUT2D eigenvalue weighted by Crippen LogP contribution is -2.28. The van der Waals surface area contributed by atoms with Gasteiger partial charge in [-0.05, 0) is 41.3 Å². The van der Waals surface area contributed by atoms with E-state index in [0.717, 1.165) is 49.4 Å². The smallest absolute Gasteiger partial charge is 0.268 e. The van der Waals surface area contributed by atoms with Crippen molar-refractivity contribution in [1.29, 1.82) is 0 Å². The van der Waals surface area contributed by atoms with Gasteiger partial charge in [0.1, 0.15) is 10.6 Å². The second-order valence-electron chi connectivity index (χ2n) is 9.21. The molecule has 1 aliphatic rings. The maximum absolute atomic E-state index is 14.1. The van der Waals surface area contributed by atoms with Crippen molar-refractivity contribution in [3.8, 4) is 11.4 Å². The highest BCUT2D eigenvalue weighted by molar-refractivity contribution is 7.98. The number of thioether (sulfide) groups is 1. The molecule has 1 atom stereocenters. The first-order chi connectivity index (χ1) is 17.5. The minimum Gasteiger partial charge on any atom is -0.497 e. The molecular formula is C27H26N4O3S2. The van der Waals surface area contributed by atoms with Crippen LogP contribution in [0.1, 0.15) is 29.9 Å². The number of benzene rings is 2. The maximum Gasteiger partial charge on any atom is 0.268 e. The minimum absolute atomic E-state index is 0.0726. The van der Waals surface area contributed by atoms with E-state index in [1.54, 1.807) is 34.8 Å². The topological polar surface area (TPSA) is 70.7 Å². The molecule has 0 N–H and O–H groups in total. The number of thiophene rings is 1. The Morgan fingerprint density at radius 1 is 1.14 bits per heavy atom. The molecule has 0 aliphatic carbocycles. The lowest BCUT2D eigenvalue weighted by molar-refractivity contribution is 0.00200. The summed E-state index contributed by atoms with van der Waals surface area (Å²) in [7, 11) is 1.63. The fraction of sp³-hybridized carbons (Fsp3) is 0.296. The number of aromatic nitrogens is 4. The van der Waals surface area contributed by atoms with Crippen LogP contribution in [0, 0.1) is 5.92 Å². The first-order valence-corrected chi connectivity index (χ1v) is 13.7. The van der Waals surface area contributed by atoms with Gasteiger partial charge in [-0.2, -0.15) is 0 Å². The first kappa shape index (κ1) is 23.3. The second-order valence-corrected chi connectivity index (χ2v) is 11.2. The van der Waals surface area contributed by atoms with Gasteiger partial charge in [-0.1, -0.05) is 55.9 Å². The van der Waals surface area contributed by atoms with Crippen LogP contribution in [0.15, 0.2) is 64.5 Å². The van der Waals surface area contributed by atoms with Gasteiger partial charge in [0.2, 0.25) is 5.78 Å². The van der Waals surface area contributed by atoms with Crippen LogP contribution in [-0.2, 0) is 23.5 Å². The number of hydrogen-bond donors (Lipinski definition) is 0. The van der Waals surface area contributed by atoms with Gasteiger partial charge in [-0.15, -0.1) is 21.5 Å². The summed E-state index contributed by atoms with van der Waals surface area (Å²) in [6.45, 7) is 4.85. The van der Waals surface area contributed by atoms with E-state index in [9.17, 15) is 4.79 Å². The molecule has 0 radical (unpaired) electrons. The zero-order valence-electron chi connectivity index (χ0n) is 20.3. The molecule has 0 spiro atoms. The van der Waals surface area contributed by atoms with Crippen LogP contribution in [0.3, 0.4) is 0 Å². The SMILES string of the molecule is COc1ccc(-n2c(=O)c3c4c(sc3n3c(SCc5ccccc5)nnc23)CO[C@@H](C(C)C)C4)cc1. The molecule has 2 aromatic carbocycles. The van der Waals surface area contributed by atoms with Crippen LogP contribution in [0.5, 0.6) is 5.75 Å². The number of hydrogen-bond acceptors (Lipinski definition) is 7. The Labute approximate surface area is 216 Å². The fourth-order valence-electron chi connectivity index (χ4n) is 4.65. The lowest BCUT2D eigenvalue weighted by Gasteiger charge is -2.26. The summed E-state index contributed by atoms with van der Waals surface area (Å²) in [6.07, 6.45) is 0.818. The molecule has 6 rings (SSSR count). The van der Waals surface area contributed by atoms with Crippen molar-refractivity contribution in [3.63, 3.8) is 0 Å². The summed E-state index contributed by atoms with van der Waals surface area (Å²) in [4.78, 5) is 16.1. The Hall–Kier alpha value is -3.14. The molecule has 0 saturated carbocycles. The van der Waals surface area contributed by atoms with Crippen LogP contribution < -0.4 is 10.3 Å². The Balaban J connectivity index is 1.58. The number of nitrogens with zero attached hydrogens (tertiary/aromatic N) is 4. The van der Waals surface area contributed by atoms with Crippen LogP contribution in [0.25, 0.3) is 21.7 Å². The Bertz CT molecular complexity index is 1600. The van der Waals surface area contributed by atoms with Crippen molar-refractivity contribution in [2.45, 2.75) is 43.9 Å². The molecule has 36 heavy (non-hydrogen) atoms. The van der Waals surface area contributed by atoms with Gasteiger partial charge in [0.25, 0.3) is 5.56 Å². The summed E-state index contributed by atoms with van der Waals surface area (Å²) in [6, 6.07) is 17.8. The molecule has 0 bridgehead atoms. The van der Waals surface area contributed by atoms with E-state index >= 15 is 0 Å². The summed E-state index contributed by atoms with van der Waals surface area (Å²) in [5.74, 6) is 2.36. The predicted molar refractivity (Wildman–Crippen MR) is 144 cm³/mol. The van der Waals surface area contributed by atoms with Crippen LogP contribution in [0.4, 0.5) is 0 Å². The number of rotatable bonds is 6. The number of fused-ring (bicyclic) bond motifs is 5. The highest BCUT2D eigenvalue weighted by Gasteiger charge is 2.30. The van der Waals surface area contributed by atoms with Gasteiger partial charge in [0, 0.05) is 17.1 Å². The van der Waals surface area contributed by atoms with Gasteiger partial charge in [0.05, 0.1) is 30.9 Å². The average Bonchev–Trinajstić information content (AvgIpc) is 3.49. The molecule has 0 amide bonds. The number of methoxy groups -OCH3 is 1. The third-order valence-corrected chi connectivity index (χ3v) is 8.82. The molecular weight excluding hydrogens is 492 g/mol. The zero-order valence-corrected chi connectivity index (χ0v) is 21.9. The van der Waals surface area contributed by atoms with E-state index in [4.69, 9.17) is 9.47 Å². The van der Waals surface area contributed by atoms with Gasteiger partial charge < -0.3 is 9.47 Å². The van der Waals surface area contributed by atoms with Crippen molar-refractivity contribution in [2.24, 2.45) is 5.92 Å². The van der Waals surface area contributed by atoms with Crippen LogP contribution in [-0.4, -0.2) is 32.4 Å². The molecule has 7 nitrogen and oxygen atoms in total. The molecule has 184 valence electrons. The molecule has 5 aromatic rings. The van der Waals surface area contributed by atoms with Crippen LogP contribution >= 0.6 is 23.1 Å². The van der Waals surface area contributed by atoms with Crippen molar-refractivity contribution in [2.75, 3.05) is 7.11 Å². The lowest BCUT2D eigenvalue weighted by atomic mass is 9.96. The Morgan fingerprint density at radius 2 is 1.92 bits per heavy atom. The predicted octanol–water partition coefficient (Wildman–Crippen LogP) is 5.49. The monoisotopic (exact) mass is 518 g/mol. The zero-order chi connectivity index (χ0) is 24.8. The number of ether oxygens (including phenoxy) is 2. The largest absolute Gasteiger partial charge is 0.497 e. The van der Waals surface area contributed by atoms with Crippen molar-refractivity contribution < 1.29 is 9.47 Å². The van der Waals surface area contributed by atoms with Gasteiger partial charge in [-0.3, -0.25) is 4.79 Å². The van der Waals surface area contributed by atoms with E-state index in [-0.39, 0.29) is 11.7 Å². The first-order valence-electron chi connectivity index (χ1n) is 11.9. The molecule has 9 heteroatoms. The van der Waals surface area contributed by atoms with E-state index in [1.807, 2.05) is 46.9 Å². The van der Waals surface area contributed by atoms with E-state index in [2.05, 4.69) is 36.2 Å². The van der Waals surface area contributed by atoms with E-state index in [0.29, 0.717) is 18.3 Å². The quantitative estimate of drug-likeness (QED) is 0.277. The third-order valence-electron chi connectivity index (χ3n) is 6.63. The molecule has 1 aliphatic heterocycles. The van der Waals surface area contributed by atoms with Crippen LogP contribution in [0.2, 0.25) is 0 Å². The minimum atomic E-state index is -0.0726. The van der Waals surface area contributed by atoms with Gasteiger partial charge >= 0.3 is 0 Å². The van der Waals surface area contributed by atoms with Crippen molar-refractivity contribution in [3.05, 3.63) is 81.0 Å².